The Morgan fingerprint density at radius 2 is 1.88 bits per heavy atom. The molecule has 7 nitrogen and oxygen atoms in total. The summed E-state index contributed by atoms with van der Waals surface area (Å²) >= 11 is 1.74. The molecule has 2 aromatic carbocycles. The summed E-state index contributed by atoms with van der Waals surface area (Å²) in [7, 11) is 1.69. The lowest BCUT2D eigenvalue weighted by Gasteiger charge is -2.25. The average Bonchev–Trinajstić information content (AvgIpc) is 3.54. The molecule has 0 saturated heterocycles. The maximum absolute atomic E-state index is 5.35. The lowest BCUT2D eigenvalue weighted by atomic mass is 9.95. The molecule has 1 fully saturated rings. The van der Waals surface area contributed by atoms with Crippen molar-refractivity contribution < 1.29 is 4.74 Å². The molecular weight excluding hydrogens is 444 g/mol. The fraction of sp³-hybridized carbons (Fsp3) is 0.346. The van der Waals surface area contributed by atoms with Gasteiger partial charge in [0.05, 0.1) is 25.5 Å². The highest BCUT2D eigenvalue weighted by Gasteiger charge is 2.23. The third-order valence-corrected chi connectivity index (χ3v) is 7.23. The molecule has 1 aliphatic carbocycles. The average molecular weight is 475 g/mol. The van der Waals surface area contributed by atoms with Crippen molar-refractivity contribution in [2.75, 3.05) is 12.4 Å². The van der Waals surface area contributed by atoms with Crippen LogP contribution < -0.4 is 10.1 Å². The SMILES string of the molecule is COc1cccc(NCc2nnc(SCc3cnn(-c4ccccc4)c3)n2C2CCCCC2)c1. The molecule has 0 atom stereocenters. The van der Waals surface area contributed by atoms with Crippen molar-refractivity contribution in [1.29, 1.82) is 0 Å². The van der Waals surface area contributed by atoms with Gasteiger partial charge < -0.3 is 14.6 Å². The molecule has 2 heterocycles. The van der Waals surface area contributed by atoms with Gasteiger partial charge in [-0.05, 0) is 37.1 Å². The molecule has 5 rings (SSSR count). The van der Waals surface area contributed by atoms with Crippen LogP contribution in [0.25, 0.3) is 5.69 Å². The quantitative estimate of drug-likeness (QED) is 0.305. The van der Waals surface area contributed by atoms with Crippen LogP contribution in [0.1, 0.15) is 49.5 Å². The molecule has 8 heteroatoms. The number of aromatic nitrogens is 5. The minimum atomic E-state index is 0.459. The van der Waals surface area contributed by atoms with Gasteiger partial charge >= 0.3 is 0 Å². The van der Waals surface area contributed by atoms with E-state index in [1.54, 1.807) is 18.9 Å². The molecule has 2 aromatic heterocycles. The van der Waals surface area contributed by atoms with Crippen molar-refractivity contribution in [3.8, 4) is 11.4 Å². The second-order valence-corrected chi connectivity index (χ2v) is 9.51. The van der Waals surface area contributed by atoms with Gasteiger partial charge in [-0.2, -0.15) is 5.10 Å². The van der Waals surface area contributed by atoms with Crippen molar-refractivity contribution >= 4 is 17.4 Å². The van der Waals surface area contributed by atoms with E-state index >= 15 is 0 Å². The van der Waals surface area contributed by atoms with Crippen molar-refractivity contribution in [2.45, 2.75) is 55.6 Å². The number of hydrogen-bond donors (Lipinski definition) is 1. The van der Waals surface area contributed by atoms with Crippen LogP contribution in [0.15, 0.2) is 72.1 Å². The molecule has 0 radical (unpaired) electrons. The number of methoxy groups -OCH3 is 1. The number of anilines is 1. The number of ether oxygens (including phenoxy) is 1. The maximum atomic E-state index is 5.35. The van der Waals surface area contributed by atoms with Crippen LogP contribution in [-0.2, 0) is 12.3 Å². The van der Waals surface area contributed by atoms with Gasteiger partial charge in [0.1, 0.15) is 5.75 Å². The van der Waals surface area contributed by atoms with Crippen LogP contribution in [0.2, 0.25) is 0 Å². The van der Waals surface area contributed by atoms with Gasteiger partial charge in [-0.3, -0.25) is 0 Å². The van der Waals surface area contributed by atoms with Gasteiger partial charge in [-0.1, -0.05) is 55.3 Å². The third-order valence-electron chi connectivity index (χ3n) is 6.22. The minimum Gasteiger partial charge on any atom is -0.497 e. The molecule has 4 aromatic rings. The molecular formula is C26H30N6OS. The molecule has 1 aliphatic rings. The van der Waals surface area contributed by atoms with Crippen molar-refractivity contribution in [2.24, 2.45) is 0 Å². The predicted molar refractivity (Wildman–Crippen MR) is 136 cm³/mol. The van der Waals surface area contributed by atoms with E-state index in [2.05, 4.69) is 43.5 Å². The number of nitrogens with zero attached hydrogens (tertiary/aromatic N) is 5. The summed E-state index contributed by atoms with van der Waals surface area (Å²) in [6.07, 6.45) is 10.2. The standard InChI is InChI=1S/C26H30N6OS/c1-33-24-14-8-9-21(15-24)27-17-25-29-30-26(32(25)23-12-6-3-7-13-23)34-19-20-16-28-31(18-20)22-10-4-2-5-11-22/h2,4-5,8-11,14-16,18,23,27H,3,6-7,12-13,17,19H2,1H3. The minimum absolute atomic E-state index is 0.459. The predicted octanol–water partition coefficient (Wildman–Crippen LogP) is 5.88. The summed E-state index contributed by atoms with van der Waals surface area (Å²) in [5.41, 5.74) is 3.25. The van der Waals surface area contributed by atoms with Crippen LogP contribution in [0, 0.1) is 0 Å². The molecule has 176 valence electrons. The summed E-state index contributed by atoms with van der Waals surface area (Å²) in [5.74, 6) is 2.63. The molecule has 1 saturated carbocycles. The number of nitrogens with one attached hydrogen (secondary N) is 1. The molecule has 0 spiro atoms. The van der Waals surface area contributed by atoms with E-state index in [4.69, 9.17) is 4.74 Å². The first-order chi connectivity index (χ1) is 16.8. The lowest BCUT2D eigenvalue weighted by molar-refractivity contribution is 0.330. The Labute approximate surface area is 204 Å². The summed E-state index contributed by atoms with van der Waals surface area (Å²) in [4.78, 5) is 0. The third kappa shape index (κ3) is 5.28. The Hall–Kier alpha value is -3.26. The van der Waals surface area contributed by atoms with Crippen LogP contribution in [0.3, 0.4) is 0 Å². The lowest BCUT2D eigenvalue weighted by Crippen LogP contribution is -2.18. The highest BCUT2D eigenvalue weighted by atomic mass is 32.2. The fourth-order valence-electron chi connectivity index (χ4n) is 4.45. The fourth-order valence-corrected chi connectivity index (χ4v) is 5.39. The second kappa shape index (κ2) is 10.8. The number of rotatable bonds is 9. The van der Waals surface area contributed by atoms with E-state index in [0.29, 0.717) is 12.6 Å². The molecule has 1 N–H and O–H groups in total. The summed E-state index contributed by atoms with van der Waals surface area (Å²) in [5, 5.41) is 18.2. The zero-order valence-electron chi connectivity index (χ0n) is 19.4. The van der Waals surface area contributed by atoms with Gasteiger partial charge in [-0.25, -0.2) is 4.68 Å². The van der Waals surface area contributed by atoms with E-state index in [-0.39, 0.29) is 0 Å². The summed E-state index contributed by atoms with van der Waals surface area (Å²) in [6.45, 7) is 0.628. The van der Waals surface area contributed by atoms with Crippen molar-refractivity contribution in [1.82, 2.24) is 24.5 Å². The first-order valence-corrected chi connectivity index (χ1v) is 12.8. The van der Waals surface area contributed by atoms with Gasteiger partial charge in [0.25, 0.3) is 0 Å². The monoisotopic (exact) mass is 474 g/mol. The topological polar surface area (TPSA) is 69.8 Å². The van der Waals surface area contributed by atoms with E-state index in [1.165, 1.54) is 37.7 Å². The summed E-state index contributed by atoms with van der Waals surface area (Å²) < 4.78 is 9.65. The van der Waals surface area contributed by atoms with Gasteiger partial charge in [0, 0.05) is 35.3 Å². The van der Waals surface area contributed by atoms with Crippen LogP contribution in [-0.4, -0.2) is 31.7 Å². The van der Waals surface area contributed by atoms with Gasteiger partial charge in [0.2, 0.25) is 0 Å². The number of para-hydroxylation sites is 1. The smallest absolute Gasteiger partial charge is 0.191 e. The van der Waals surface area contributed by atoms with Gasteiger partial charge in [-0.15, -0.1) is 10.2 Å². The largest absolute Gasteiger partial charge is 0.497 e. The number of benzene rings is 2. The number of hydrogen-bond acceptors (Lipinski definition) is 6. The second-order valence-electron chi connectivity index (χ2n) is 8.56. The number of thioether (sulfide) groups is 1. The molecule has 0 amide bonds. The van der Waals surface area contributed by atoms with E-state index < -0.39 is 0 Å². The Morgan fingerprint density at radius 1 is 1.03 bits per heavy atom. The Balaban J connectivity index is 1.31. The molecule has 0 unspecified atom stereocenters. The zero-order valence-corrected chi connectivity index (χ0v) is 20.2. The van der Waals surface area contributed by atoms with Gasteiger partial charge in [0.15, 0.2) is 11.0 Å². The molecule has 0 bridgehead atoms. The van der Waals surface area contributed by atoms with Crippen molar-refractivity contribution in [3.63, 3.8) is 0 Å². The van der Waals surface area contributed by atoms with Crippen molar-refractivity contribution in [3.05, 3.63) is 78.4 Å². The Kier molecular flexibility index (Phi) is 7.14. The maximum Gasteiger partial charge on any atom is 0.191 e. The normalized spacial score (nSPS) is 14.3. The van der Waals surface area contributed by atoms with Crippen LogP contribution >= 0.6 is 11.8 Å². The zero-order chi connectivity index (χ0) is 23.2. The van der Waals surface area contributed by atoms with E-state index in [9.17, 15) is 0 Å². The highest BCUT2D eigenvalue weighted by Crippen LogP contribution is 2.34. The highest BCUT2D eigenvalue weighted by molar-refractivity contribution is 7.98. The van der Waals surface area contributed by atoms with E-state index in [0.717, 1.165) is 33.9 Å². The Bertz CT molecular complexity index is 1200. The van der Waals surface area contributed by atoms with Crippen LogP contribution in [0.5, 0.6) is 5.75 Å². The van der Waals surface area contributed by atoms with Crippen LogP contribution in [0.4, 0.5) is 5.69 Å². The molecule has 34 heavy (non-hydrogen) atoms. The molecule has 0 aliphatic heterocycles. The first-order valence-electron chi connectivity index (χ1n) is 11.8. The summed E-state index contributed by atoms with van der Waals surface area (Å²) in [6, 6.07) is 18.6. The van der Waals surface area contributed by atoms with E-state index in [1.807, 2.05) is 53.3 Å². The Morgan fingerprint density at radius 3 is 2.71 bits per heavy atom. The first kappa shape index (κ1) is 22.5.